The van der Waals surface area contributed by atoms with Crippen LogP contribution in [0.1, 0.15) is 34.1 Å². The summed E-state index contributed by atoms with van der Waals surface area (Å²) in [5.41, 5.74) is 6.67. The number of amides is 3. The molecule has 2 aromatic rings. The van der Waals surface area contributed by atoms with Gasteiger partial charge in [-0.05, 0) is 24.3 Å². The Morgan fingerprint density at radius 3 is 2.39 bits per heavy atom. The minimum Gasteiger partial charge on any atom is -0.481 e. The van der Waals surface area contributed by atoms with Crippen LogP contribution in [0.15, 0.2) is 48.7 Å². The first kappa shape index (κ1) is 23.4. The number of aromatic nitrogens is 1. The fourth-order valence-corrected chi connectivity index (χ4v) is 3.52. The molecule has 1 aliphatic heterocycles. The number of nitrogens with two attached hydrogens (primary N) is 1. The number of hydrogen-bond acceptors (Lipinski definition) is 6. The number of carboxylic acid groups (broad SMARTS) is 1. The second kappa shape index (κ2) is 10.4. The molecule has 11 heteroatoms. The highest BCUT2D eigenvalue weighted by Gasteiger charge is 2.38. The number of amidine groups is 1. The number of carbonyl (C=O) groups is 4. The summed E-state index contributed by atoms with van der Waals surface area (Å²) in [4.78, 5) is 55.7. The second-order valence-electron chi connectivity index (χ2n) is 7.41. The summed E-state index contributed by atoms with van der Waals surface area (Å²) in [6, 6.07) is 10.4. The molecule has 2 heterocycles. The van der Waals surface area contributed by atoms with Crippen LogP contribution in [0.25, 0.3) is 0 Å². The molecule has 1 aromatic carbocycles. The van der Waals surface area contributed by atoms with Gasteiger partial charge < -0.3 is 26.0 Å². The number of benzene rings is 1. The number of carbonyl (C=O) groups excluding carboxylic acids is 3. The second-order valence-corrected chi connectivity index (χ2v) is 7.41. The first-order valence-corrected chi connectivity index (χ1v) is 10.2. The standard InChI is InChI=1S/C22H24N6O5/c23-19(24)14-4-6-15(7-5-14)20(31)26-9-10-27-11-12-28(22(33)21(27)32)17(13-18(29)30)16-3-1-2-8-25-16/h1-8,17H,9-13H2,(H3,23,24)(H,26,31)(H,29,30). The van der Waals surface area contributed by atoms with Crippen LogP contribution in [0, 0.1) is 5.41 Å². The lowest BCUT2D eigenvalue weighted by molar-refractivity contribution is -0.159. The average molecular weight is 452 g/mol. The number of pyridine rings is 1. The van der Waals surface area contributed by atoms with E-state index in [1.54, 1.807) is 42.5 Å². The van der Waals surface area contributed by atoms with Crippen LogP contribution in [0.5, 0.6) is 0 Å². The molecule has 11 nitrogen and oxygen atoms in total. The smallest absolute Gasteiger partial charge is 0.312 e. The molecule has 1 aromatic heterocycles. The minimum absolute atomic E-state index is 0.0991. The SMILES string of the molecule is N=C(N)c1ccc(C(=O)NCCN2CCN(C(CC(=O)O)c3ccccn3)C(=O)C2=O)cc1. The van der Waals surface area contributed by atoms with Gasteiger partial charge in [0.2, 0.25) is 0 Å². The number of piperazine rings is 1. The van der Waals surface area contributed by atoms with Crippen molar-refractivity contribution < 1.29 is 24.3 Å². The Labute approximate surface area is 189 Å². The molecular weight excluding hydrogens is 428 g/mol. The van der Waals surface area contributed by atoms with Crippen LogP contribution < -0.4 is 11.1 Å². The normalized spacial score (nSPS) is 14.7. The van der Waals surface area contributed by atoms with Gasteiger partial charge in [-0.25, -0.2) is 0 Å². The lowest BCUT2D eigenvalue weighted by atomic mass is 10.1. The Balaban J connectivity index is 1.58. The molecule has 0 spiro atoms. The zero-order chi connectivity index (χ0) is 24.0. The highest BCUT2D eigenvalue weighted by molar-refractivity contribution is 6.35. The third kappa shape index (κ3) is 5.70. The molecule has 33 heavy (non-hydrogen) atoms. The molecule has 0 radical (unpaired) electrons. The lowest BCUT2D eigenvalue weighted by Crippen LogP contribution is -2.56. The van der Waals surface area contributed by atoms with Gasteiger partial charge in [0, 0.05) is 43.5 Å². The fourth-order valence-electron chi connectivity index (χ4n) is 3.52. The van der Waals surface area contributed by atoms with E-state index >= 15 is 0 Å². The van der Waals surface area contributed by atoms with Gasteiger partial charge >= 0.3 is 17.8 Å². The predicted molar refractivity (Wildman–Crippen MR) is 117 cm³/mol. The van der Waals surface area contributed by atoms with Gasteiger partial charge in [-0.3, -0.25) is 29.6 Å². The number of nitrogen functional groups attached to an aromatic ring is 1. The molecule has 1 atom stereocenters. The summed E-state index contributed by atoms with van der Waals surface area (Å²) in [6.45, 7) is 0.615. The van der Waals surface area contributed by atoms with E-state index in [4.69, 9.17) is 11.1 Å². The van der Waals surface area contributed by atoms with Gasteiger partial charge in [-0.1, -0.05) is 18.2 Å². The molecule has 0 saturated carbocycles. The van der Waals surface area contributed by atoms with E-state index in [0.29, 0.717) is 16.8 Å². The first-order valence-electron chi connectivity index (χ1n) is 10.2. The number of rotatable bonds is 9. The molecule has 1 unspecified atom stereocenters. The van der Waals surface area contributed by atoms with Crippen molar-refractivity contribution in [2.24, 2.45) is 5.73 Å². The Kier molecular flexibility index (Phi) is 7.34. The van der Waals surface area contributed by atoms with E-state index in [0.717, 1.165) is 0 Å². The third-order valence-electron chi connectivity index (χ3n) is 5.24. The number of nitrogens with one attached hydrogen (secondary N) is 2. The molecule has 3 rings (SSSR count). The maximum absolute atomic E-state index is 12.7. The van der Waals surface area contributed by atoms with Gasteiger partial charge in [0.15, 0.2) is 0 Å². The van der Waals surface area contributed by atoms with Gasteiger partial charge in [-0.15, -0.1) is 0 Å². The van der Waals surface area contributed by atoms with Crippen LogP contribution in [0.3, 0.4) is 0 Å². The fraction of sp³-hybridized carbons (Fsp3) is 0.273. The third-order valence-corrected chi connectivity index (χ3v) is 5.24. The van der Waals surface area contributed by atoms with Crippen LogP contribution in [0.2, 0.25) is 0 Å². The van der Waals surface area contributed by atoms with Crippen LogP contribution in [-0.4, -0.2) is 75.6 Å². The van der Waals surface area contributed by atoms with Crippen molar-refractivity contribution in [1.82, 2.24) is 20.1 Å². The molecule has 172 valence electrons. The van der Waals surface area contributed by atoms with Crippen LogP contribution >= 0.6 is 0 Å². The number of hydrogen-bond donors (Lipinski definition) is 4. The average Bonchev–Trinajstić information content (AvgIpc) is 2.81. The monoisotopic (exact) mass is 452 g/mol. The van der Waals surface area contributed by atoms with Crippen molar-refractivity contribution in [1.29, 1.82) is 5.41 Å². The van der Waals surface area contributed by atoms with E-state index in [2.05, 4.69) is 10.3 Å². The van der Waals surface area contributed by atoms with Crippen LogP contribution in [0.4, 0.5) is 0 Å². The maximum Gasteiger partial charge on any atom is 0.312 e. The summed E-state index contributed by atoms with van der Waals surface area (Å²) < 4.78 is 0. The number of nitrogens with zero attached hydrogens (tertiary/aromatic N) is 3. The van der Waals surface area contributed by atoms with Crippen molar-refractivity contribution in [2.45, 2.75) is 12.5 Å². The number of aliphatic carboxylic acids is 1. The van der Waals surface area contributed by atoms with Crippen LogP contribution in [-0.2, 0) is 14.4 Å². The molecule has 0 aliphatic carbocycles. The van der Waals surface area contributed by atoms with E-state index < -0.39 is 23.8 Å². The Bertz CT molecular complexity index is 1060. The zero-order valence-electron chi connectivity index (χ0n) is 17.7. The van der Waals surface area contributed by atoms with E-state index in [1.807, 2.05) is 0 Å². The quantitative estimate of drug-likeness (QED) is 0.235. The van der Waals surface area contributed by atoms with E-state index in [1.165, 1.54) is 16.0 Å². The summed E-state index contributed by atoms with van der Waals surface area (Å²) >= 11 is 0. The molecule has 1 saturated heterocycles. The van der Waals surface area contributed by atoms with E-state index in [-0.39, 0.29) is 44.3 Å². The van der Waals surface area contributed by atoms with Crippen molar-refractivity contribution in [3.05, 3.63) is 65.5 Å². The summed E-state index contributed by atoms with van der Waals surface area (Å²) in [7, 11) is 0. The van der Waals surface area contributed by atoms with Gasteiger partial charge in [0.25, 0.3) is 5.91 Å². The molecule has 1 fully saturated rings. The summed E-state index contributed by atoms with van der Waals surface area (Å²) in [5.74, 6) is -3.12. The Morgan fingerprint density at radius 2 is 1.79 bits per heavy atom. The topological polar surface area (TPSA) is 170 Å². The minimum atomic E-state index is -1.10. The van der Waals surface area contributed by atoms with Gasteiger partial charge in [0.05, 0.1) is 18.2 Å². The molecule has 5 N–H and O–H groups in total. The van der Waals surface area contributed by atoms with Gasteiger partial charge in [-0.2, -0.15) is 0 Å². The summed E-state index contributed by atoms with van der Waals surface area (Å²) in [6.07, 6.45) is 1.14. The molecular formula is C22H24N6O5. The van der Waals surface area contributed by atoms with Crippen molar-refractivity contribution >= 4 is 29.5 Å². The lowest BCUT2D eigenvalue weighted by Gasteiger charge is -2.37. The highest BCUT2D eigenvalue weighted by Crippen LogP contribution is 2.25. The van der Waals surface area contributed by atoms with E-state index in [9.17, 15) is 24.3 Å². The van der Waals surface area contributed by atoms with Crippen molar-refractivity contribution in [3.63, 3.8) is 0 Å². The Hall–Kier alpha value is -4.28. The molecule has 3 amide bonds. The van der Waals surface area contributed by atoms with Crippen molar-refractivity contribution in [2.75, 3.05) is 26.2 Å². The highest BCUT2D eigenvalue weighted by atomic mass is 16.4. The van der Waals surface area contributed by atoms with Gasteiger partial charge in [0.1, 0.15) is 5.84 Å². The maximum atomic E-state index is 12.7. The first-order chi connectivity index (χ1) is 15.8. The Morgan fingerprint density at radius 1 is 1.09 bits per heavy atom. The predicted octanol–water partition coefficient (Wildman–Crippen LogP) is -0.0177. The molecule has 0 bridgehead atoms. The molecule has 1 aliphatic rings. The zero-order valence-corrected chi connectivity index (χ0v) is 17.7. The largest absolute Gasteiger partial charge is 0.481 e. The number of carboxylic acids is 1. The summed E-state index contributed by atoms with van der Waals surface area (Å²) in [5, 5.41) is 19.3. The van der Waals surface area contributed by atoms with Crippen molar-refractivity contribution in [3.8, 4) is 0 Å².